The van der Waals surface area contributed by atoms with Crippen LogP contribution in [0.5, 0.6) is 0 Å². The fourth-order valence-electron chi connectivity index (χ4n) is 1.02. The van der Waals surface area contributed by atoms with Gasteiger partial charge in [0.2, 0.25) is 0 Å². The van der Waals surface area contributed by atoms with E-state index in [4.69, 9.17) is 0 Å². The lowest BCUT2D eigenvalue weighted by Gasteiger charge is -2.02. The first-order chi connectivity index (χ1) is 6.27. The normalized spacial score (nSPS) is 8.62. The minimum absolute atomic E-state index is 0.993. The zero-order valence-corrected chi connectivity index (χ0v) is 9.83. The summed E-state index contributed by atoms with van der Waals surface area (Å²) in [4.78, 5) is 4.15. The summed E-state index contributed by atoms with van der Waals surface area (Å²) in [7, 11) is 2.59. The first kappa shape index (κ1) is 12.3. The van der Waals surface area contributed by atoms with Gasteiger partial charge in [-0.1, -0.05) is 42.7 Å². The van der Waals surface area contributed by atoms with Gasteiger partial charge in [-0.15, -0.1) is 0 Å². The molecule has 13 heavy (non-hydrogen) atoms. The number of pyridine rings is 1. The summed E-state index contributed by atoms with van der Waals surface area (Å²) in [6.07, 6.45) is 4.73. The zero-order chi connectivity index (χ0) is 10.3. The first-order valence-electron chi connectivity index (χ1n) is 4.64. The molecular weight excluding hydrogens is 177 g/mol. The Bertz CT molecular complexity index is 269. The highest BCUT2D eigenvalue weighted by atomic mass is 31.0. The minimum Gasteiger partial charge on any atom is -0.256 e. The predicted octanol–water partition coefficient (Wildman–Crippen LogP) is 2.81. The van der Waals surface area contributed by atoms with Crippen LogP contribution in [-0.4, -0.2) is 4.98 Å². The topological polar surface area (TPSA) is 12.9 Å². The van der Waals surface area contributed by atoms with Crippen LogP contribution in [-0.2, 0) is 6.42 Å². The SMILES string of the molecule is C=Cc1cnc(P)cc1CC.CC. The van der Waals surface area contributed by atoms with Crippen LogP contribution < -0.4 is 5.44 Å². The van der Waals surface area contributed by atoms with Crippen molar-refractivity contribution in [3.63, 3.8) is 0 Å². The molecule has 0 saturated heterocycles. The van der Waals surface area contributed by atoms with E-state index in [9.17, 15) is 0 Å². The molecule has 1 unspecified atom stereocenters. The monoisotopic (exact) mass is 195 g/mol. The van der Waals surface area contributed by atoms with Crippen molar-refractivity contribution in [1.82, 2.24) is 4.98 Å². The summed E-state index contributed by atoms with van der Waals surface area (Å²) in [5, 5.41) is 0. The second kappa shape index (κ2) is 6.80. The van der Waals surface area contributed by atoms with Crippen molar-refractivity contribution in [2.45, 2.75) is 27.2 Å². The highest BCUT2D eigenvalue weighted by Crippen LogP contribution is 2.08. The molecule has 1 aromatic heterocycles. The van der Waals surface area contributed by atoms with Crippen LogP contribution in [0.2, 0.25) is 0 Å². The molecule has 0 fully saturated rings. The van der Waals surface area contributed by atoms with Gasteiger partial charge in [0, 0.05) is 6.20 Å². The van der Waals surface area contributed by atoms with Crippen LogP contribution in [0.25, 0.3) is 6.08 Å². The molecule has 1 heterocycles. The molecule has 0 aliphatic rings. The van der Waals surface area contributed by atoms with E-state index >= 15 is 0 Å². The summed E-state index contributed by atoms with van der Waals surface area (Å²) in [5.41, 5.74) is 3.44. The van der Waals surface area contributed by atoms with Gasteiger partial charge in [0.25, 0.3) is 0 Å². The van der Waals surface area contributed by atoms with Crippen LogP contribution in [0.4, 0.5) is 0 Å². The molecule has 0 spiro atoms. The third-order valence-corrected chi connectivity index (χ3v) is 1.96. The van der Waals surface area contributed by atoms with Crippen molar-refractivity contribution in [2.75, 3.05) is 0 Å². The summed E-state index contributed by atoms with van der Waals surface area (Å²) in [6.45, 7) is 9.85. The lowest BCUT2D eigenvalue weighted by atomic mass is 10.1. The Morgan fingerprint density at radius 1 is 1.54 bits per heavy atom. The molecule has 1 nitrogen and oxygen atoms in total. The molecule has 1 atom stereocenters. The maximum absolute atomic E-state index is 4.15. The quantitative estimate of drug-likeness (QED) is 0.661. The molecule has 0 N–H and O–H groups in total. The van der Waals surface area contributed by atoms with Gasteiger partial charge in [-0.3, -0.25) is 4.98 Å². The van der Waals surface area contributed by atoms with Gasteiger partial charge in [0.1, 0.15) is 0 Å². The summed E-state index contributed by atoms with van der Waals surface area (Å²) >= 11 is 0. The molecule has 0 aromatic carbocycles. The molecule has 0 radical (unpaired) electrons. The standard InChI is InChI=1S/C9H12NP.C2H6/c1-3-7-5-9(11)10-6-8(7)4-2;1-2/h4-6H,2-3,11H2,1H3;1-2H3. The lowest BCUT2D eigenvalue weighted by molar-refractivity contribution is 1.12. The van der Waals surface area contributed by atoms with Gasteiger partial charge in [-0.25, -0.2) is 0 Å². The van der Waals surface area contributed by atoms with Crippen LogP contribution in [0.1, 0.15) is 31.9 Å². The molecule has 0 amide bonds. The van der Waals surface area contributed by atoms with Gasteiger partial charge < -0.3 is 0 Å². The van der Waals surface area contributed by atoms with Crippen molar-refractivity contribution < 1.29 is 0 Å². The first-order valence-corrected chi connectivity index (χ1v) is 5.22. The number of aromatic nitrogens is 1. The molecule has 0 saturated carbocycles. The molecule has 72 valence electrons. The third kappa shape index (κ3) is 3.69. The fraction of sp³-hybridized carbons (Fsp3) is 0.364. The Hall–Kier alpha value is -0.680. The Balaban J connectivity index is 0.000000671. The maximum atomic E-state index is 4.15. The average Bonchev–Trinajstić information content (AvgIpc) is 2.20. The van der Waals surface area contributed by atoms with E-state index in [-0.39, 0.29) is 0 Å². The number of hydrogen-bond acceptors (Lipinski definition) is 1. The summed E-state index contributed by atoms with van der Waals surface area (Å²) < 4.78 is 0. The molecule has 0 bridgehead atoms. The van der Waals surface area contributed by atoms with Crippen LogP contribution in [0.3, 0.4) is 0 Å². The van der Waals surface area contributed by atoms with E-state index in [0.29, 0.717) is 0 Å². The van der Waals surface area contributed by atoms with Gasteiger partial charge in [-0.05, 0) is 23.6 Å². The molecule has 2 heteroatoms. The molecule has 1 rings (SSSR count). The van der Waals surface area contributed by atoms with Crippen molar-refractivity contribution in [2.24, 2.45) is 0 Å². The van der Waals surface area contributed by atoms with Gasteiger partial charge in [0.05, 0.1) is 5.44 Å². The van der Waals surface area contributed by atoms with Crippen molar-refractivity contribution in [3.05, 3.63) is 30.0 Å². The van der Waals surface area contributed by atoms with E-state index in [1.54, 1.807) is 0 Å². The second-order valence-electron chi connectivity index (χ2n) is 2.37. The molecule has 0 aliphatic heterocycles. The zero-order valence-electron chi connectivity index (χ0n) is 8.67. The number of hydrogen-bond donors (Lipinski definition) is 0. The predicted molar refractivity (Wildman–Crippen MR) is 64.4 cm³/mol. The average molecular weight is 195 g/mol. The number of rotatable bonds is 2. The van der Waals surface area contributed by atoms with Crippen molar-refractivity contribution >= 4 is 20.8 Å². The fourth-order valence-corrected chi connectivity index (χ4v) is 1.29. The van der Waals surface area contributed by atoms with Gasteiger partial charge >= 0.3 is 0 Å². The van der Waals surface area contributed by atoms with Crippen LogP contribution >= 0.6 is 9.24 Å². The second-order valence-corrected chi connectivity index (χ2v) is 2.96. The van der Waals surface area contributed by atoms with Crippen molar-refractivity contribution in [3.8, 4) is 0 Å². The Kier molecular flexibility index (Phi) is 6.44. The van der Waals surface area contributed by atoms with E-state index in [1.807, 2.05) is 26.1 Å². The number of aryl methyl sites for hydroxylation is 1. The lowest BCUT2D eigenvalue weighted by Crippen LogP contribution is -2.00. The highest BCUT2D eigenvalue weighted by Gasteiger charge is 1.96. The largest absolute Gasteiger partial charge is 0.256 e. The Morgan fingerprint density at radius 3 is 2.62 bits per heavy atom. The van der Waals surface area contributed by atoms with Gasteiger partial charge in [-0.2, -0.15) is 0 Å². The van der Waals surface area contributed by atoms with Gasteiger partial charge in [0.15, 0.2) is 0 Å². The highest BCUT2D eigenvalue weighted by molar-refractivity contribution is 7.26. The summed E-state index contributed by atoms with van der Waals surface area (Å²) in [5.74, 6) is 0. The third-order valence-electron chi connectivity index (χ3n) is 1.65. The summed E-state index contributed by atoms with van der Waals surface area (Å²) in [6, 6.07) is 2.07. The Labute approximate surface area is 83.5 Å². The molecular formula is C11H18NP. The number of nitrogens with zero attached hydrogens (tertiary/aromatic N) is 1. The van der Waals surface area contributed by atoms with E-state index < -0.39 is 0 Å². The maximum Gasteiger partial charge on any atom is 0.0572 e. The van der Waals surface area contributed by atoms with E-state index in [1.165, 1.54) is 5.56 Å². The minimum atomic E-state index is 0.993. The molecule has 0 aliphatic carbocycles. The molecule has 1 aromatic rings. The van der Waals surface area contributed by atoms with Crippen LogP contribution in [0, 0.1) is 0 Å². The van der Waals surface area contributed by atoms with E-state index in [2.05, 4.69) is 33.8 Å². The van der Waals surface area contributed by atoms with Crippen LogP contribution in [0.15, 0.2) is 18.8 Å². The Morgan fingerprint density at radius 2 is 2.15 bits per heavy atom. The smallest absolute Gasteiger partial charge is 0.0572 e. The van der Waals surface area contributed by atoms with E-state index in [0.717, 1.165) is 17.4 Å². The van der Waals surface area contributed by atoms with Crippen molar-refractivity contribution in [1.29, 1.82) is 0 Å².